The summed E-state index contributed by atoms with van der Waals surface area (Å²) >= 11 is 0. The van der Waals surface area contributed by atoms with Gasteiger partial charge in [0.05, 0.1) is 0 Å². The third kappa shape index (κ3) is 2.65. The van der Waals surface area contributed by atoms with Crippen LogP contribution in [0.4, 0.5) is 0 Å². The highest BCUT2D eigenvalue weighted by Crippen LogP contribution is 2.24. The fraction of sp³-hybridized carbons (Fsp3) is 0.176. The Morgan fingerprint density at radius 2 is 1.65 bits per heavy atom. The van der Waals surface area contributed by atoms with Gasteiger partial charge in [-0.3, -0.25) is 0 Å². The van der Waals surface area contributed by atoms with Crippen LogP contribution in [-0.4, -0.2) is 0 Å². The van der Waals surface area contributed by atoms with Gasteiger partial charge in [0.1, 0.15) is 0 Å². The quantitative estimate of drug-likeness (QED) is 0.672. The van der Waals surface area contributed by atoms with Crippen molar-refractivity contribution in [3.63, 3.8) is 0 Å². The highest BCUT2D eigenvalue weighted by Gasteiger charge is 2.01. The Morgan fingerprint density at radius 1 is 0.941 bits per heavy atom. The summed E-state index contributed by atoms with van der Waals surface area (Å²) in [6.45, 7) is 4.30. The van der Waals surface area contributed by atoms with Gasteiger partial charge in [0.2, 0.25) is 0 Å². The molecule has 0 aliphatic heterocycles. The molecule has 0 heterocycles. The topological polar surface area (TPSA) is 0 Å². The monoisotopic (exact) mass is 222 g/mol. The van der Waals surface area contributed by atoms with Crippen LogP contribution in [0.15, 0.2) is 60.7 Å². The average molecular weight is 222 g/mol. The second-order valence-electron chi connectivity index (χ2n) is 4.11. The van der Waals surface area contributed by atoms with E-state index in [4.69, 9.17) is 0 Å². The maximum absolute atomic E-state index is 2.27. The molecule has 0 N–H and O–H groups in total. The third-order valence-electron chi connectivity index (χ3n) is 3.07. The number of allylic oxidation sites excluding steroid dienone is 2. The minimum atomic E-state index is 1.08. The first-order valence-electron chi connectivity index (χ1n) is 6.16. The van der Waals surface area contributed by atoms with Gasteiger partial charge in [-0.25, -0.2) is 0 Å². The first-order valence-corrected chi connectivity index (χ1v) is 6.16. The normalized spacial score (nSPS) is 11.5. The van der Waals surface area contributed by atoms with Crippen molar-refractivity contribution < 1.29 is 0 Å². The van der Waals surface area contributed by atoms with Crippen LogP contribution in [0.1, 0.15) is 25.8 Å². The summed E-state index contributed by atoms with van der Waals surface area (Å²) in [5.74, 6) is 0. The molecule has 0 radical (unpaired) electrons. The molecule has 2 aromatic rings. The van der Waals surface area contributed by atoms with E-state index in [1.165, 1.54) is 22.3 Å². The molecular weight excluding hydrogens is 204 g/mol. The Bertz CT molecular complexity index is 507. The molecule has 0 aromatic heterocycles. The maximum atomic E-state index is 2.27. The van der Waals surface area contributed by atoms with Crippen molar-refractivity contribution in [1.29, 1.82) is 0 Å². The third-order valence-corrected chi connectivity index (χ3v) is 3.07. The van der Waals surface area contributed by atoms with E-state index in [-0.39, 0.29) is 0 Å². The molecule has 0 aliphatic rings. The Labute approximate surface area is 104 Å². The minimum absolute atomic E-state index is 1.08. The number of hydrogen-bond acceptors (Lipinski definition) is 0. The highest BCUT2D eigenvalue weighted by atomic mass is 14.1. The SMILES string of the molecule is C/C=C(\CC)c1cccc(-c2ccccc2)c1. The van der Waals surface area contributed by atoms with Gasteiger partial charge in [0.15, 0.2) is 0 Å². The zero-order valence-electron chi connectivity index (χ0n) is 10.5. The highest BCUT2D eigenvalue weighted by molar-refractivity contribution is 5.72. The zero-order chi connectivity index (χ0) is 12.1. The number of benzene rings is 2. The van der Waals surface area contributed by atoms with Crippen molar-refractivity contribution in [1.82, 2.24) is 0 Å². The van der Waals surface area contributed by atoms with Crippen molar-refractivity contribution >= 4 is 5.57 Å². The minimum Gasteiger partial charge on any atom is -0.0839 e. The molecule has 0 saturated carbocycles. The van der Waals surface area contributed by atoms with Gasteiger partial charge in [0, 0.05) is 0 Å². The lowest BCUT2D eigenvalue weighted by molar-refractivity contribution is 1.23. The van der Waals surface area contributed by atoms with Crippen LogP contribution in [0.5, 0.6) is 0 Å². The predicted molar refractivity (Wildman–Crippen MR) is 75.8 cm³/mol. The fourth-order valence-corrected chi connectivity index (χ4v) is 2.10. The standard InChI is InChI=1S/C17H18/c1-3-14(4-2)16-11-8-12-17(13-16)15-9-6-5-7-10-15/h3,5-13H,4H2,1-2H3/b14-3+. The van der Waals surface area contributed by atoms with E-state index in [0.29, 0.717) is 0 Å². The van der Waals surface area contributed by atoms with Gasteiger partial charge in [-0.1, -0.05) is 61.5 Å². The van der Waals surface area contributed by atoms with Crippen LogP contribution >= 0.6 is 0 Å². The van der Waals surface area contributed by atoms with Crippen molar-refractivity contribution in [3.05, 3.63) is 66.2 Å². The van der Waals surface area contributed by atoms with Crippen molar-refractivity contribution in [2.45, 2.75) is 20.3 Å². The molecule has 0 atom stereocenters. The van der Waals surface area contributed by atoms with Crippen LogP contribution in [0, 0.1) is 0 Å². The summed E-state index contributed by atoms with van der Waals surface area (Å²) in [6.07, 6.45) is 3.28. The van der Waals surface area contributed by atoms with Crippen LogP contribution in [-0.2, 0) is 0 Å². The molecule has 0 heteroatoms. The van der Waals surface area contributed by atoms with Gasteiger partial charge in [-0.05, 0) is 41.7 Å². The van der Waals surface area contributed by atoms with E-state index in [9.17, 15) is 0 Å². The molecule has 0 nitrogen and oxygen atoms in total. The fourth-order valence-electron chi connectivity index (χ4n) is 2.10. The predicted octanol–water partition coefficient (Wildman–Crippen LogP) is 5.17. The summed E-state index contributed by atoms with van der Waals surface area (Å²) < 4.78 is 0. The first-order chi connectivity index (χ1) is 8.35. The molecule has 17 heavy (non-hydrogen) atoms. The number of hydrogen-bond donors (Lipinski definition) is 0. The van der Waals surface area contributed by atoms with Crippen LogP contribution in [0.3, 0.4) is 0 Å². The summed E-state index contributed by atoms with van der Waals surface area (Å²) in [5.41, 5.74) is 5.30. The molecule has 2 aromatic carbocycles. The lowest BCUT2D eigenvalue weighted by Crippen LogP contribution is -1.84. The van der Waals surface area contributed by atoms with E-state index < -0.39 is 0 Å². The van der Waals surface area contributed by atoms with Gasteiger partial charge >= 0.3 is 0 Å². The summed E-state index contributed by atoms with van der Waals surface area (Å²) in [5, 5.41) is 0. The maximum Gasteiger partial charge on any atom is -0.0178 e. The van der Waals surface area contributed by atoms with Crippen molar-refractivity contribution in [3.8, 4) is 11.1 Å². The Balaban J connectivity index is 2.42. The Hall–Kier alpha value is -1.82. The molecule has 0 bridgehead atoms. The van der Waals surface area contributed by atoms with E-state index in [1.54, 1.807) is 0 Å². The van der Waals surface area contributed by atoms with Gasteiger partial charge in [-0.15, -0.1) is 0 Å². The largest absolute Gasteiger partial charge is 0.0839 e. The smallest absolute Gasteiger partial charge is 0.0178 e. The molecule has 0 saturated heterocycles. The molecule has 0 unspecified atom stereocenters. The Morgan fingerprint density at radius 3 is 2.29 bits per heavy atom. The van der Waals surface area contributed by atoms with Crippen molar-refractivity contribution in [2.24, 2.45) is 0 Å². The lowest BCUT2D eigenvalue weighted by atomic mass is 9.98. The second-order valence-corrected chi connectivity index (χ2v) is 4.11. The molecule has 0 fully saturated rings. The zero-order valence-corrected chi connectivity index (χ0v) is 10.5. The van der Waals surface area contributed by atoms with E-state index >= 15 is 0 Å². The Kier molecular flexibility index (Phi) is 3.77. The van der Waals surface area contributed by atoms with Gasteiger partial charge in [0.25, 0.3) is 0 Å². The molecule has 86 valence electrons. The number of rotatable bonds is 3. The van der Waals surface area contributed by atoms with Gasteiger partial charge < -0.3 is 0 Å². The average Bonchev–Trinajstić information content (AvgIpc) is 2.42. The second kappa shape index (κ2) is 5.49. The van der Waals surface area contributed by atoms with E-state index in [2.05, 4.69) is 74.5 Å². The van der Waals surface area contributed by atoms with Crippen LogP contribution in [0.2, 0.25) is 0 Å². The van der Waals surface area contributed by atoms with Crippen molar-refractivity contribution in [2.75, 3.05) is 0 Å². The van der Waals surface area contributed by atoms with E-state index in [1.807, 2.05) is 0 Å². The molecule has 0 spiro atoms. The molecule has 0 amide bonds. The lowest BCUT2D eigenvalue weighted by Gasteiger charge is -2.07. The molecule has 0 aliphatic carbocycles. The molecule has 2 rings (SSSR count). The summed E-state index contributed by atoms with van der Waals surface area (Å²) in [6, 6.07) is 19.3. The summed E-state index contributed by atoms with van der Waals surface area (Å²) in [4.78, 5) is 0. The molecular formula is C17H18. The van der Waals surface area contributed by atoms with Gasteiger partial charge in [-0.2, -0.15) is 0 Å². The first kappa shape index (κ1) is 11.7. The van der Waals surface area contributed by atoms with Crippen LogP contribution in [0.25, 0.3) is 16.7 Å². The van der Waals surface area contributed by atoms with Crippen LogP contribution < -0.4 is 0 Å². The van der Waals surface area contributed by atoms with E-state index in [0.717, 1.165) is 6.42 Å². The summed E-state index contributed by atoms with van der Waals surface area (Å²) in [7, 11) is 0.